The van der Waals surface area contributed by atoms with Crippen LogP contribution in [0.15, 0.2) is 12.7 Å². The highest BCUT2D eigenvalue weighted by Gasteiger charge is 2.38. The minimum absolute atomic E-state index is 0.384. The van der Waals surface area contributed by atoms with Gasteiger partial charge in [0.25, 0.3) is 0 Å². The van der Waals surface area contributed by atoms with Crippen molar-refractivity contribution in [2.24, 2.45) is 5.92 Å². The first kappa shape index (κ1) is 8.69. The molecule has 1 aromatic heterocycles. The van der Waals surface area contributed by atoms with Gasteiger partial charge >= 0.3 is 0 Å². The maximum absolute atomic E-state index is 10.3. The quantitative estimate of drug-likeness (QED) is 0.735. The molecule has 0 spiro atoms. The summed E-state index contributed by atoms with van der Waals surface area (Å²) < 4.78 is 1.85. The largest absolute Gasteiger partial charge is 0.388 e. The molecule has 0 saturated heterocycles. The van der Waals surface area contributed by atoms with Gasteiger partial charge in [0.05, 0.1) is 12.1 Å². The monoisotopic (exact) mass is 181 g/mol. The van der Waals surface area contributed by atoms with Crippen molar-refractivity contribution in [1.82, 2.24) is 14.8 Å². The van der Waals surface area contributed by atoms with Crippen molar-refractivity contribution in [3.8, 4) is 0 Å². The third-order valence-electron chi connectivity index (χ3n) is 3.09. The fourth-order valence-corrected chi connectivity index (χ4v) is 2.08. The van der Waals surface area contributed by atoms with Crippen molar-refractivity contribution < 1.29 is 5.11 Å². The Morgan fingerprint density at radius 1 is 1.54 bits per heavy atom. The van der Waals surface area contributed by atoms with Gasteiger partial charge in [-0.2, -0.15) is 0 Å². The summed E-state index contributed by atoms with van der Waals surface area (Å²) in [6.45, 7) is 2.73. The number of hydrogen-bond donors (Lipinski definition) is 1. The average Bonchev–Trinajstić information content (AvgIpc) is 2.65. The molecule has 1 heterocycles. The van der Waals surface area contributed by atoms with Crippen LogP contribution in [0.2, 0.25) is 0 Å². The van der Waals surface area contributed by atoms with E-state index in [1.807, 2.05) is 4.57 Å². The van der Waals surface area contributed by atoms with Crippen LogP contribution < -0.4 is 0 Å². The Morgan fingerprint density at radius 3 is 2.77 bits per heavy atom. The van der Waals surface area contributed by atoms with E-state index in [1.54, 1.807) is 12.7 Å². The van der Waals surface area contributed by atoms with E-state index in [4.69, 9.17) is 0 Å². The Hall–Kier alpha value is -0.900. The molecule has 1 aliphatic carbocycles. The molecular formula is C9H15N3O. The molecule has 0 radical (unpaired) electrons. The molecular weight excluding hydrogens is 166 g/mol. The molecule has 4 heteroatoms. The number of rotatable bonds is 2. The van der Waals surface area contributed by atoms with Gasteiger partial charge in [-0.25, -0.2) is 0 Å². The van der Waals surface area contributed by atoms with Crippen molar-refractivity contribution in [1.29, 1.82) is 0 Å². The van der Waals surface area contributed by atoms with Gasteiger partial charge < -0.3 is 9.67 Å². The van der Waals surface area contributed by atoms with Gasteiger partial charge in [-0.3, -0.25) is 0 Å². The lowest BCUT2D eigenvalue weighted by molar-refractivity contribution is -0.00717. The summed E-state index contributed by atoms with van der Waals surface area (Å²) in [6.07, 6.45) is 6.46. The molecule has 4 nitrogen and oxygen atoms in total. The van der Waals surface area contributed by atoms with E-state index in [2.05, 4.69) is 17.1 Å². The van der Waals surface area contributed by atoms with Crippen LogP contribution in [0.4, 0.5) is 0 Å². The van der Waals surface area contributed by atoms with Crippen LogP contribution in [0.25, 0.3) is 0 Å². The number of aliphatic hydroxyl groups is 1. The standard InChI is InChI=1S/C9H15N3O/c1-8-3-2-4-9(8,13)5-12-6-10-11-7-12/h6-8,13H,2-5H2,1H3. The highest BCUT2D eigenvalue weighted by Crippen LogP contribution is 2.36. The molecule has 1 N–H and O–H groups in total. The van der Waals surface area contributed by atoms with Crippen LogP contribution in [-0.2, 0) is 6.54 Å². The van der Waals surface area contributed by atoms with Crippen molar-refractivity contribution >= 4 is 0 Å². The van der Waals surface area contributed by atoms with Crippen molar-refractivity contribution in [3.05, 3.63) is 12.7 Å². The minimum atomic E-state index is -0.539. The van der Waals surface area contributed by atoms with E-state index in [-0.39, 0.29) is 0 Å². The van der Waals surface area contributed by atoms with E-state index in [0.29, 0.717) is 12.5 Å². The molecule has 0 aliphatic heterocycles. The lowest BCUT2D eigenvalue weighted by Gasteiger charge is -2.27. The topological polar surface area (TPSA) is 50.9 Å². The second kappa shape index (κ2) is 3.10. The molecule has 72 valence electrons. The molecule has 2 rings (SSSR count). The zero-order valence-corrected chi connectivity index (χ0v) is 7.85. The van der Waals surface area contributed by atoms with Crippen LogP contribution in [0.1, 0.15) is 26.2 Å². The van der Waals surface area contributed by atoms with Crippen LogP contribution in [-0.4, -0.2) is 25.5 Å². The Bertz CT molecular complexity index is 272. The van der Waals surface area contributed by atoms with Gasteiger partial charge in [0.2, 0.25) is 0 Å². The predicted octanol–water partition coefficient (Wildman–Crippen LogP) is 0.829. The maximum atomic E-state index is 10.3. The zero-order valence-electron chi connectivity index (χ0n) is 7.85. The van der Waals surface area contributed by atoms with Gasteiger partial charge in [-0.1, -0.05) is 13.3 Å². The zero-order chi connectivity index (χ0) is 9.31. The summed E-state index contributed by atoms with van der Waals surface area (Å²) >= 11 is 0. The second-order valence-electron chi connectivity index (χ2n) is 4.03. The normalized spacial score (nSPS) is 33.8. The van der Waals surface area contributed by atoms with Crippen molar-refractivity contribution in [3.63, 3.8) is 0 Å². The highest BCUT2D eigenvalue weighted by molar-refractivity contribution is 4.90. The number of aromatic nitrogens is 3. The van der Waals surface area contributed by atoms with Gasteiger partial charge in [0, 0.05) is 0 Å². The van der Waals surface area contributed by atoms with Gasteiger partial charge in [-0.05, 0) is 18.8 Å². The van der Waals surface area contributed by atoms with E-state index < -0.39 is 5.60 Å². The van der Waals surface area contributed by atoms with Gasteiger partial charge in [-0.15, -0.1) is 10.2 Å². The van der Waals surface area contributed by atoms with E-state index in [0.717, 1.165) is 19.3 Å². The van der Waals surface area contributed by atoms with Gasteiger partial charge in [0.15, 0.2) is 0 Å². The molecule has 0 amide bonds. The molecule has 1 saturated carbocycles. The Labute approximate surface area is 77.6 Å². The van der Waals surface area contributed by atoms with E-state index in [9.17, 15) is 5.11 Å². The summed E-state index contributed by atoms with van der Waals surface area (Å²) in [5, 5.41) is 17.7. The summed E-state index contributed by atoms with van der Waals surface area (Å²) in [6, 6.07) is 0. The summed E-state index contributed by atoms with van der Waals surface area (Å²) in [4.78, 5) is 0. The van der Waals surface area contributed by atoms with Crippen molar-refractivity contribution in [2.45, 2.75) is 38.3 Å². The van der Waals surface area contributed by atoms with Crippen LogP contribution >= 0.6 is 0 Å². The Balaban J connectivity index is 2.08. The molecule has 0 bridgehead atoms. The predicted molar refractivity (Wildman–Crippen MR) is 48.0 cm³/mol. The fourth-order valence-electron chi connectivity index (χ4n) is 2.08. The van der Waals surface area contributed by atoms with E-state index >= 15 is 0 Å². The van der Waals surface area contributed by atoms with Crippen molar-refractivity contribution in [2.75, 3.05) is 0 Å². The maximum Gasteiger partial charge on any atom is 0.119 e. The van der Waals surface area contributed by atoms with Gasteiger partial charge in [0.1, 0.15) is 12.7 Å². The first-order valence-corrected chi connectivity index (χ1v) is 4.75. The lowest BCUT2D eigenvalue weighted by Crippen LogP contribution is -2.36. The van der Waals surface area contributed by atoms with Crippen LogP contribution in [0.5, 0.6) is 0 Å². The molecule has 2 atom stereocenters. The third-order valence-corrected chi connectivity index (χ3v) is 3.09. The lowest BCUT2D eigenvalue weighted by atomic mass is 9.92. The molecule has 0 aromatic carbocycles. The number of hydrogen-bond acceptors (Lipinski definition) is 3. The highest BCUT2D eigenvalue weighted by atomic mass is 16.3. The fraction of sp³-hybridized carbons (Fsp3) is 0.778. The second-order valence-corrected chi connectivity index (χ2v) is 4.03. The number of nitrogens with zero attached hydrogens (tertiary/aromatic N) is 3. The van der Waals surface area contributed by atoms with E-state index in [1.165, 1.54) is 0 Å². The first-order valence-electron chi connectivity index (χ1n) is 4.75. The SMILES string of the molecule is CC1CCCC1(O)Cn1cnnc1. The Morgan fingerprint density at radius 2 is 2.23 bits per heavy atom. The summed E-state index contributed by atoms with van der Waals surface area (Å²) in [5.74, 6) is 0.384. The average molecular weight is 181 g/mol. The molecule has 1 aliphatic rings. The molecule has 2 unspecified atom stereocenters. The first-order chi connectivity index (χ1) is 6.21. The Kier molecular flexibility index (Phi) is 2.07. The third kappa shape index (κ3) is 1.58. The smallest absolute Gasteiger partial charge is 0.119 e. The van der Waals surface area contributed by atoms with Crippen LogP contribution in [0.3, 0.4) is 0 Å². The minimum Gasteiger partial charge on any atom is -0.388 e. The molecule has 13 heavy (non-hydrogen) atoms. The molecule has 1 fully saturated rings. The summed E-state index contributed by atoms with van der Waals surface area (Å²) in [5.41, 5.74) is -0.539. The van der Waals surface area contributed by atoms with Crippen LogP contribution in [0, 0.1) is 5.92 Å². The summed E-state index contributed by atoms with van der Waals surface area (Å²) in [7, 11) is 0. The molecule has 1 aromatic rings.